The fourth-order valence-corrected chi connectivity index (χ4v) is 3.78. The second-order valence-electron chi connectivity index (χ2n) is 7.15. The quantitative estimate of drug-likeness (QED) is 0.626. The van der Waals surface area contributed by atoms with Gasteiger partial charge in [-0.25, -0.2) is 4.79 Å². The van der Waals surface area contributed by atoms with E-state index in [4.69, 9.17) is 9.47 Å². The first-order valence-corrected chi connectivity index (χ1v) is 9.47. The Balaban J connectivity index is 2.14. The van der Waals surface area contributed by atoms with Crippen molar-refractivity contribution in [1.29, 1.82) is 0 Å². The summed E-state index contributed by atoms with van der Waals surface area (Å²) in [6.45, 7) is 5.13. The number of carboxylic acid groups (broad SMARTS) is 1. The molecule has 2 rings (SSSR count). The Kier molecular flexibility index (Phi) is 6.84. The Labute approximate surface area is 167 Å². The van der Waals surface area contributed by atoms with Gasteiger partial charge < -0.3 is 19.9 Å². The lowest BCUT2D eigenvalue weighted by atomic mass is 9.96. The van der Waals surface area contributed by atoms with Gasteiger partial charge in [-0.1, -0.05) is 42.1 Å². The molecule has 0 saturated carbocycles. The Bertz CT molecular complexity index is 765. The first-order chi connectivity index (χ1) is 13.0. The lowest BCUT2D eigenvalue weighted by Crippen LogP contribution is -2.42. The number of ether oxygens (including phenoxy) is 2. The number of hydrogen-bond donors (Lipinski definition) is 2. The van der Waals surface area contributed by atoms with Crippen molar-refractivity contribution in [1.82, 2.24) is 5.32 Å². The van der Waals surface area contributed by atoms with Crippen LogP contribution in [0.2, 0.25) is 0 Å². The monoisotopic (exact) mass is 409 g/mol. The molecular formula is C19H23NO7S. The Morgan fingerprint density at radius 2 is 1.86 bits per heavy atom. The highest BCUT2D eigenvalue weighted by molar-refractivity contribution is 8.14. The largest absolute Gasteiger partial charge is 0.481 e. The predicted molar refractivity (Wildman–Crippen MR) is 101 cm³/mol. The maximum atomic E-state index is 12.6. The molecule has 8 nitrogen and oxygen atoms in total. The van der Waals surface area contributed by atoms with E-state index in [1.807, 2.05) is 0 Å². The molecule has 1 heterocycles. The van der Waals surface area contributed by atoms with E-state index in [-0.39, 0.29) is 12.5 Å². The molecule has 1 aromatic carbocycles. The van der Waals surface area contributed by atoms with Gasteiger partial charge in [0.15, 0.2) is 10.7 Å². The third-order valence-corrected chi connectivity index (χ3v) is 5.08. The first-order valence-electron chi connectivity index (χ1n) is 8.65. The molecule has 0 spiro atoms. The average molecular weight is 409 g/mol. The smallest absolute Gasteiger partial charge is 0.342 e. The van der Waals surface area contributed by atoms with E-state index < -0.39 is 46.5 Å². The van der Waals surface area contributed by atoms with Crippen LogP contribution < -0.4 is 5.32 Å². The fraction of sp³-hybridized carbons (Fsp3) is 0.474. The van der Waals surface area contributed by atoms with Crippen LogP contribution in [0.5, 0.6) is 0 Å². The molecule has 1 aromatic rings. The van der Waals surface area contributed by atoms with E-state index in [2.05, 4.69) is 5.32 Å². The van der Waals surface area contributed by atoms with Gasteiger partial charge in [0.2, 0.25) is 12.2 Å². The number of hydrogen-bond acceptors (Lipinski definition) is 7. The number of thioether (sulfide) groups is 1. The fourth-order valence-electron chi connectivity index (χ4n) is 2.71. The summed E-state index contributed by atoms with van der Waals surface area (Å²) in [5, 5.41) is 11.5. The molecule has 152 valence electrons. The zero-order valence-corrected chi connectivity index (χ0v) is 16.7. The van der Waals surface area contributed by atoms with Gasteiger partial charge in [-0.15, -0.1) is 0 Å². The van der Waals surface area contributed by atoms with Crippen molar-refractivity contribution in [3.63, 3.8) is 0 Å². The molecule has 2 N–H and O–H groups in total. The Hall–Kier alpha value is -2.39. The maximum Gasteiger partial charge on any atom is 0.342 e. The average Bonchev–Trinajstić information content (AvgIpc) is 2.89. The summed E-state index contributed by atoms with van der Waals surface area (Å²) in [4.78, 5) is 47.5. The van der Waals surface area contributed by atoms with E-state index in [9.17, 15) is 24.3 Å². The van der Waals surface area contributed by atoms with Gasteiger partial charge in [-0.2, -0.15) is 0 Å². The van der Waals surface area contributed by atoms with Gasteiger partial charge in [0, 0.05) is 23.8 Å². The molecular weight excluding hydrogens is 386 g/mol. The van der Waals surface area contributed by atoms with E-state index in [0.717, 1.165) is 11.8 Å². The van der Waals surface area contributed by atoms with Crippen molar-refractivity contribution in [2.75, 3.05) is 6.54 Å². The van der Waals surface area contributed by atoms with Crippen LogP contribution in [-0.4, -0.2) is 45.0 Å². The van der Waals surface area contributed by atoms with Crippen molar-refractivity contribution >= 4 is 34.7 Å². The van der Waals surface area contributed by atoms with Crippen LogP contribution >= 0.6 is 11.8 Å². The second-order valence-corrected chi connectivity index (χ2v) is 8.92. The molecule has 0 bridgehead atoms. The zero-order valence-electron chi connectivity index (χ0n) is 15.9. The molecule has 0 aliphatic carbocycles. The highest BCUT2D eigenvalue weighted by atomic mass is 32.2. The highest BCUT2D eigenvalue weighted by Gasteiger charge is 2.54. The number of carbonyl (C=O) groups excluding carboxylic acids is 3. The summed E-state index contributed by atoms with van der Waals surface area (Å²) in [5.41, 5.74) is -1.34. The number of benzene rings is 1. The normalized spacial score (nSPS) is 21.8. The predicted octanol–water partition coefficient (Wildman–Crippen LogP) is 2.04. The van der Waals surface area contributed by atoms with E-state index >= 15 is 0 Å². The van der Waals surface area contributed by atoms with Crippen LogP contribution in [0.4, 0.5) is 0 Å². The number of carboxylic acids is 1. The van der Waals surface area contributed by atoms with Gasteiger partial charge in [0.05, 0.1) is 12.8 Å². The molecule has 1 amide bonds. The number of rotatable bonds is 8. The molecule has 2 atom stereocenters. The molecule has 1 aliphatic heterocycles. The summed E-state index contributed by atoms with van der Waals surface area (Å²) >= 11 is 0.921. The maximum absolute atomic E-state index is 12.6. The summed E-state index contributed by atoms with van der Waals surface area (Å²) < 4.78 is 10.3. The van der Waals surface area contributed by atoms with Crippen molar-refractivity contribution in [3.8, 4) is 0 Å². The number of nitrogens with one attached hydrogen (secondary N) is 1. The molecule has 28 heavy (non-hydrogen) atoms. The SMILES string of the molecule is CC(=O)NCC(C)(C)SC(=O)CC1(CC(=O)O)OC(c2ccccc2)OC1=O. The molecule has 0 aromatic heterocycles. The van der Waals surface area contributed by atoms with Crippen molar-refractivity contribution in [3.05, 3.63) is 35.9 Å². The van der Waals surface area contributed by atoms with E-state index in [0.29, 0.717) is 5.56 Å². The van der Waals surface area contributed by atoms with Gasteiger partial charge in [0.1, 0.15) is 0 Å². The van der Waals surface area contributed by atoms with Crippen LogP contribution in [-0.2, 0) is 28.7 Å². The molecule has 9 heteroatoms. The molecule has 1 fully saturated rings. The minimum absolute atomic E-state index is 0.225. The third-order valence-electron chi connectivity index (χ3n) is 4.01. The van der Waals surface area contributed by atoms with Crippen molar-refractivity contribution in [2.24, 2.45) is 0 Å². The summed E-state index contributed by atoms with van der Waals surface area (Å²) in [5.74, 6) is -2.38. The number of cyclic esters (lactones) is 1. The Morgan fingerprint density at radius 3 is 2.43 bits per heavy atom. The molecule has 0 radical (unpaired) electrons. The summed E-state index contributed by atoms with van der Waals surface area (Å²) in [6, 6.07) is 8.61. The third kappa shape index (κ3) is 5.80. The van der Waals surface area contributed by atoms with Gasteiger partial charge >= 0.3 is 11.9 Å². The Morgan fingerprint density at radius 1 is 1.21 bits per heavy atom. The number of carbonyl (C=O) groups is 4. The molecule has 2 unspecified atom stereocenters. The number of aliphatic carboxylic acids is 1. The summed E-state index contributed by atoms with van der Waals surface area (Å²) in [7, 11) is 0. The first kappa shape index (κ1) is 21.9. The highest BCUT2D eigenvalue weighted by Crippen LogP contribution is 2.41. The van der Waals surface area contributed by atoms with E-state index in [1.54, 1.807) is 44.2 Å². The van der Waals surface area contributed by atoms with Crippen LogP contribution in [0, 0.1) is 0 Å². The number of amides is 1. The van der Waals surface area contributed by atoms with Gasteiger partial charge in [-0.05, 0) is 13.8 Å². The van der Waals surface area contributed by atoms with Crippen LogP contribution in [0.1, 0.15) is 45.5 Å². The lowest BCUT2D eigenvalue weighted by molar-refractivity contribution is -0.153. The topological polar surface area (TPSA) is 119 Å². The number of esters is 1. The van der Waals surface area contributed by atoms with Gasteiger partial charge in [-0.3, -0.25) is 14.4 Å². The van der Waals surface area contributed by atoms with Crippen LogP contribution in [0.3, 0.4) is 0 Å². The molecule has 1 saturated heterocycles. The van der Waals surface area contributed by atoms with Crippen molar-refractivity contribution < 1.29 is 33.8 Å². The summed E-state index contributed by atoms with van der Waals surface area (Å²) in [6.07, 6.45) is -2.21. The second kappa shape index (κ2) is 8.74. The lowest BCUT2D eigenvalue weighted by Gasteiger charge is -2.26. The minimum Gasteiger partial charge on any atom is -0.481 e. The van der Waals surface area contributed by atoms with Crippen molar-refractivity contribution in [2.45, 2.75) is 50.3 Å². The standard InChI is InChI=1S/C19H23NO7S/c1-12(21)20-11-18(2,3)28-15(24)10-19(9-14(22)23)17(25)26-16(27-19)13-7-5-4-6-8-13/h4-8,16H,9-11H2,1-3H3,(H,20,21)(H,22,23). The van der Waals surface area contributed by atoms with Crippen LogP contribution in [0.25, 0.3) is 0 Å². The van der Waals surface area contributed by atoms with E-state index in [1.165, 1.54) is 6.92 Å². The zero-order chi connectivity index (χ0) is 20.9. The van der Waals surface area contributed by atoms with Gasteiger partial charge in [0.25, 0.3) is 0 Å². The minimum atomic E-state index is -1.89. The van der Waals surface area contributed by atoms with Crippen LogP contribution in [0.15, 0.2) is 30.3 Å². The molecule has 1 aliphatic rings.